The van der Waals surface area contributed by atoms with Crippen LogP contribution in [0, 0.1) is 6.92 Å². The third kappa shape index (κ3) is 4.91. The maximum Gasteiger partial charge on any atom is 0.274 e. The van der Waals surface area contributed by atoms with Gasteiger partial charge in [-0.25, -0.2) is 13.8 Å². The van der Waals surface area contributed by atoms with Gasteiger partial charge in [-0.15, -0.1) is 11.3 Å². The fraction of sp³-hybridized carbons (Fsp3) is 0.286. The number of aromatic nitrogens is 2. The van der Waals surface area contributed by atoms with Gasteiger partial charge >= 0.3 is 0 Å². The Morgan fingerprint density at radius 2 is 1.86 bits per heavy atom. The summed E-state index contributed by atoms with van der Waals surface area (Å²) < 4.78 is 28.9. The van der Waals surface area contributed by atoms with Crippen LogP contribution in [0.4, 0.5) is 8.78 Å². The van der Waals surface area contributed by atoms with Gasteiger partial charge in [-0.2, -0.15) is 0 Å². The van der Waals surface area contributed by atoms with Gasteiger partial charge in [0.2, 0.25) is 0 Å². The number of para-hydroxylation sites is 1. The number of hydrogen-bond donors (Lipinski definition) is 0. The van der Waals surface area contributed by atoms with Gasteiger partial charge in [-0.1, -0.05) is 48.5 Å². The van der Waals surface area contributed by atoms with Crippen LogP contribution in [0.3, 0.4) is 0 Å². The number of Topliss-reactive ketones (excluding diaryl/α,β-unsaturated/α-hetero) is 1. The molecule has 1 saturated heterocycles. The molecule has 4 aromatic rings. The van der Waals surface area contributed by atoms with Crippen molar-refractivity contribution >= 4 is 33.9 Å². The molecule has 0 radical (unpaired) electrons. The van der Waals surface area contributed by atoms with Crippen LogP contribution in [-0.4, -0.2) is 45.1 Å². The number of rotatable bonds is 6. The van der Waals surface area contributed by atoms with Crippen LogP contribution in [0.15, 0.2) is 66.9 Å². The first kappa shape index (κ1) is 24.2. The van der Waals surface area contributed by atoms with Crippen molar-refractivity contribution < 1.29 is 18.4 Å². The Kier molecular flexibility index (Phi) is 6.62. The molecule has 2 aromatic heterocycles. The van der Waals surface area contributed by atoms with Gasteiger partial charge in [-0.05, 0) is 31.0 Å². The van der Waals surface area contributed by atoms with Crippen molar-refractivity contribution in [2.75, 3.05) is 6.54 Å². The van der Waals surface area contributed by atoms with Crippen molar-refractivity contribution in [3.05, 3.63) is 83.1 Å². The molecule has 1 atom stereocenters. The molecule has 5 rings (SSSR count). The number of thiazole rings is 1. The lowest BCUT2D eigenvalue weighted by Crippen LogP contribution is -2.50. The van der Waals surface area contributed by atoms with Gasteiger partial charge in [0.25, 0.3) is 11.8 Å². The van der Waals surface area contributed by atoms with Crippen molar-refractivity contribution in [3.8, 4) is 10.4 Å². The van der Waals surface area contributed by atoms with Crippen LogP contribution in [0.5, 0.6) is 0 Å². The van der Waals surface area contributed by atoms with Crippen LogP contribution in [-0.2, 0) is 0 Å². The van der Waals surface area contributed by atoms with E-state index in [2.05, 4.69) is 9.97 Å². The summed E-state index contributed by atoms with van der Waals surface area (Å²) in [6.45, 7) is 1.75. The highest BCUT2D eigenvalue weighted by Gasteiger charge is 2.43. The molecule has 5 nitrogen and oxygen atoms in total. The molecule has 1 aliphatic rings. The summed E-state index contributed by atoms with van der Waals surface area (Å²) in [4.78, 5) is 37.8. The van der Waals surface area contributed by atoms with Gasteiger partial charge in [-0.3, -0.25) is 14.6 Å². The number of benzene rings is 2. The maximum atomic E-state index is 14.5. The summed E-state index contributed by atoms with van der Waals surface area (Å²) in [5, 5.41) is 1.58. The minimum absolute atomic E-state index is 0.0435. The fourth-order valence-corrected chi connectivity index (χ4v) is 5.72. The lowest BCUT2D eigenvalue weighted by atomic mass is 9.92. The molecule has 8 heteroatoms. The summed E-state index contributed by atoms with van der Waals surface area (Å²) in [7, 11) is 0. The third-order valence-electron chi connectivity index (χ3n) is 6.56. The number of ketones is 1. The first-order valence-electron chi connectivity index (χ1n) is 11.9. The molecular formula is C28H25F2N3O2S. The monoisotopic (exact) mass is 505 g/mol. The Morgan fingerprint density at radius 1 is 1.08 bits per heavy atom. The SMILES string of the molecule is Cc1nc(C(=O)N2CCC(F)(F)C[C@H]2CCC(=O)c2cccc3cccnc23)c(-c2ccccc2)s1. The van der Waals surface area contributed by atoms with Crippen molar-refractivity contribution in [2.45, 2.75) is 44.6 Å². The van der Waals surface area contributed by atoms with E-state index in [1.807, 2.05) is 49.4 Å². The normalized spacial score (nSPS) is 17.3. The standard InChI is InChI=1S/C28H25F2N3O2S/c1-18-32-25(26(36-18)20-7-3-2-4-8-20)27(35)33-16-14-28(29,30)17-21(33)12-13-23(34)22-11-5-9-19-10-6-15-31-24(19)22/h2-11,15,21H,12-14,16-17H2,1H3/t21-/m1/s1. The van der Waals surface area contributed by atoms with Crippen molar-refractivity contribution in [3.63, 3.8) is 0 Å². The van der Waals surface area contributed by atoms with Crippen LogP contribution in [0.25, 0.3) is 21.3 Å². The van der Waals surface area contributed by atoms with E-state index in [4.69, 9.17) is 0 Å². The van der Waals surface area contributed by atoms with E-state index in [9.17, 15) is 18.4 Å². The summed E-state index contributed by atoms with van der Waals surface area (Å²) in [5.41, 5.74) is 2.21. The summed E-state index contributed by atoms with van der Waals surface area (Å²) >= 11 is 1.41. The second-order valence-corrected chi connectivity index (χ2v) is 10.3. The summed E-state index contributed by atoms with van der Waals surface area (Å²) in [6, 6.07) is 17.8. The predicted octanol–water partition coefficient (Wildman–Crippen LogP) is 6.57. The molecule has 0 saturated carbocycles. The smallest absolute Gasteiger partial charge is 0.274 e. The topological polar surface area (TPSA) is 63.2 Å². The summed E-state index contributed by atoms with van der Waals surface area (Å²) in [6.07, 6.45) is 0.945. The lowest BCUT2D eigenvalue weighted by molar-refractivity contribution is -0.0711. The molecule has 36 heavy (non-hydrogen) atoms. The Morgan fingerprint density at radius 3 is 2.67 bits per heavy atom. The highest BCUT2D eigenvalue weighted by molar-refractivity contribution is 7.15. The number of carbonyl (C=O) groups excluding carboxylic acids is 2. The number of carbonyl (C=O) groups is 2. The van der Waals surface area contributed by atoms with E-state index in [-0.39, 0.29) is 36.8 Å². The van der Waals surface area contributed by atoms with Gasteiger partial charge < -0.3 is 4.90 Å². The number of halogens is 2. The summed E-state index contributed by atoms with van der Waals surface area (Å²) in [5.74, 6) is -3.42. The van der Waals surface area contributed by atoms with Gasteiger partial charge in [0.1, 0.15) is 5.69 Å². The average Bonchev–Trinajstić information content (AvgIpc) is 3.28. The Hall–Kier alpha value is -3.52. The van der Waals surface area contributed by atoms with E-state index in [0.717, 1.165) is 20.8 Å². The number of amides is 1. The molecule has 0 spiro atoms. The molecule has 1 aliphatic heterocycles. The average molecular weight is 506 g/mol. The third-order valence-corrected chi connectivity index (χ3v) is 7.58. The minimum atomic E-state index is -2.88. The predicted molar refractivity (Wildman–Crippen MR) is 137 cm³/mol. The number of likely N-dealkylation sites (tertiary alicyclic amines) is 1. The number of nitrogens with zero attached hydrogens (tertiary/aromatic N) is 3. The van der Waals surface area contributed by atoms with Crippen LogP contribution < -0.4 is 0 Å². The fourth-order valence-electron chi connectivity index (χ4n) is 4.80. The van der Waals surface area contributed by atoms with E-state index >= 15 is 0 Å². The molecule has 0 aliphatic carbocycles. The molecule has 1 amide bonds. The maximum absolute atomic E-state index is 14.5. The van der Waals surface area contributed by atoms with Crippen molar-refractivity contribution in [1.82, 2.24) is 14.9 Å². The second kappa shape index (κ2) is 9.85. The van der Waals surface area contributed by atoms with Gasteiger partial charge in [0.15, 0.2) is 5.78 Å². The molecule has 2 aromatic carbocycles. The second-order valence-electron chi connectivity index (χ2n) is 9.08. The highest BCUT2D eigenvalue weighted by Crippen LogP contribution is 2.37. The zero-order valence-electron chi connectivity index (χ0n) is 19.8. The number of fused-ring (bicyclic) bond motifs is 1. The Balaban J connectivity index is 1.39. The van der Waals surface area contributed by atoms with Gasteiger partial charge in [0, 0.05) is 49.0 Å². The molecule has 1 fully saturated rings. The highest BCUT2D eigenvalue weighted by atomic mass is 32.1. The van der Waals surface area contributed by atoms with Crippen LogP contribution in [0.1, 0.15) is 51.5 Å². The number of pyridine rings is 1. The van der Waals surface area contributed by atoms with E-state index < -0.39 is 24.8 Å². The van der Waals surface area contributed by atoms with Gasteiger partial charge in [0.05, 0.1) is 15.4 Å². The zero-order valence-corrected chi connectivity index (χ0v) is 20.6. The zero-order chi connectivity index (χ0) is 25.3. The number of aryl methyl sites for hydroxylation is 1. The molecule has 0 N–H and O–H groups in total. The molecule has 0 unspecified atom stereocenters. The minimum Gasteiger partial charge on any atom is -0.334 e. The van der Waals surface area contributed by atoms with Crippen molar-refractivity contribution in [1.29, 1.82) is 0 Å². The largest absolute Gasteiger partial charge is 0.334 e. The van der Waals surface area contributed by atoms with Crippen LogP contribution in [0.2, 0.25) is 0 Å². The first-order valence-corrected chi connectivity index (χ1v) is 12.7. The lowest BCUT2D eigenvalue weighted by Gasteiger charge is -2.39. The molecular weight excluding hydrogens is 480 g/mol. The van der Waals surface area contributed by atoms with Crippen LogP contribution >= 0.6 is 11.3 Å². The Labute approximate surface area is 211 Å². The number of piperidine rings is 1. The quantitative estimate of drug-likeness (QED) is 0.278. The molecule has 0 bridgehead atoms. The molecule has 184 valence electrons. The van der Waals surface area contributed by atoms with E-state index in [0.29, 0.717) is 11.1 Å². The molecule has 3 heterocycles. The first-order chi connectivity index (χ1) is 17.3. The van der Waals surface area contributed by atoms with E-state index in [1.165, 1.54) is 16.2 Å². The van der Waals surface area contributed by atoms with Crippen molar-refractivity contribution in [2.24, 2.45) is 0 Å². The Bertz CT molecular complexity index is 1420. The number of alkyl halides is 2. The van der Waals surface area contributed by atoms with E-state index in [1.54, 1.807) is 24.4 Å². The number of hydrogen-bond acceptors (Lipinski definition) is 5.